The first-order valence-electron chi connectivity index (χ1n) is 12.9. The van der Waals surface area contributed by atoms with E-state index in [1.807, 2.05) is 18.2 Å². The zero-order chi connectivity index (χ0) is 27.5. The molecule has 3 aromatic carbocycles. The average Bonchev–Trinajstić information content (AvgIpc) is 3.21. The number of carbonyl (C=O) groups excluding carboxylic acids is 5. The number of rotatable bonds is 7. The molecule has 2 fully saturated rings. The van der Waals surface area contributed by atoms with Gasteiger partial charge in [-0.3, -0.25) is 24.1 Å². The molecule has 0 spiro atoms. The predicted molar refractivity (Wildman–Crippen MR) is 144 cm³/mol. The summed E-state index contributed by atoms with van der Waals surface area (Å²) in [6, 6.07) is 22.6. The van der Waals surface area contributed by atoms with Crippen molar-refractivity contribution in [2.45, 2.75) is 32.1 Å². The highest BCUT2D eigenvalue weighted by atomic mass is 16.5. The second kappa shape index (κ2) is 11.0. The number of Topliss-reactive ketones (excluding diaryl/α,β-unsaturated/α-hetero) is 1. The van der Waals surface area contributed by atoms with Gasteiger partial charge in [0.05, 0.1) is 23.1 Å². The summed E-state index contributed by atoms with van der Waals surface area (Å²) in [5, 5.41) is 2.59. The van der Waals surface area contributed by atoms with E-state index in [4.69, 9.17) is 4.74 Å². The number of ether oxygens (including phenoxy) is 1. The van der Waals surface area contributed by atoms with Crippen molar-refractivity contribution in [1.82, 2.24) is 0 Å². The van der Waals surface area contributed by atoms with Crippen molar-refractivity contribution in [3.63, 3.8) is 0 Å². The van der Waals surface area contributed by atoms with Crippen molar-refractivity contribution < 1.29 is 28.7 Å². The van der Waals surface area contributed by atoms with Crippen LogP contribution >= 0.6 is 0 Å². The molecule has 8 nitrogen and oxygen atoms in total. The molecule has 3 aromatic rings. The van der Waals surface area contributed by atoms with Crippen LogP contribution in [-0.4, -0.2) is 36.1 Å². The Bertz CT molecular complexity index is 1430. The number of anilines is 2. The summed E-state index contributed by atoms with van der Waals surface area (Å²) in [4.78, 5) is 63.9. The van der Waals surface area contributed by atoms with Gasteiger partial charge in [-0.25, -0.2) is 4.79 Å². The molecule has 1 saturated carbocycles. The number of benzene rings is 3. The molecule has 0 unspecified atom stereocenters. The highest BCUT2D eigenvalue weighted by molar-refractivity contribution is 6.22. The molecule has 8 heteroatoms. The molecule has 1 aliphatic carbocycles. The van der Waals surface area contributed by atoms with Crippen LogP contribution in [0.25, 0.3) is 0 Å². The van der Waals surface area contributed by atoms with Crippen LogP contribution in [0.1, 0.15) is 58.4 Å². The van der Waals surface area contributed by atoms with Crippen LogP contribution in [0, 0.1) is 11.8 Å². The molecule has 1 heterocycles. The van der Waals surface area contributed by atoms with E-state index in [1.165, 1.54) is 29.5 Å². The number of ketones is 1. The van der Waals surface area contributed by atoms with Crippen LogP contribution in [0.2, 0.25) is 0 Å². The first-order valence-corrected chi connectivity index (χ1v) is 12.9. The van der Waals surface area contributed by atoms with Crippen molar-refractivity contribution >= 4 is 40.8 Å². The highest BCUT2D eigenvalue weighted by Gasteiger charge is 2.50. The molecule has 3 amide bonds. The van der Waals surface area contributed by atoms with Gasteiger partial charge in [0.2, 0.25) is 11.8 Å². The molecule has 198 valence electrons. The smallest absolute Gasteiger partial charge is 0.338 e. The summed E-state index contributed by atoms with van der Waals surface area (Å²) in [6.07, 6.45) is 2.16. The number of carbonyl (C=O) groups is 5. The fourth-order valence-electron chi connectivity index (χ4n) is 5.44. The number of fused-ring (bicyclic) bond motifs is 1. The number of hydrogen-bond acceptors (Lipinski definition) is 6. The SMILES string of the molecule is CC(=O)c1cccc(NC(=O)COC(=O)c2ccc(N3C(=O)[C@@H]4CC[C@@H](c5ccccc5)C[C@H]4C3=O)cc2)c1. The summed E-state index contributed by atoms with van der Waals surface area (Å²) in [7, 11) is 0. The number of amides is 3. The Labute approximate surface area is 226 Å². The van der Waals surface area contributed by atoms with E-state index >= 15 is 0 Å². The highest BCUT2D eigenvalue weighted by Crippen LogP contribution is 2.45. The lowest BCUT2D eigenvalue weighted by atomic mass is 9.73. The van der Waals surface area contributed by atoms with E-state index in [1.54, 1.807) is 36.4 Å². The minimum atomic E-state index is -0.715. The van der Waals surface area contributed by atoms with Gasteiger partial charge in [-0.1, -0.05) is 42.5 Å². The Morgan fingerprint density at radius 3 is 2.28 bits per heavy atom. The molecule has 0 radical (unpaired) electrons. The number of nitrogens with one attached hydrogen (secondary N) is 1. The van der Waals surface area contributed by atoms with Crippen LogP contribution in [0.15, 0.2) is 78.9 Å². The summed E-state index contributed by atoms with van der Waals surface area (Å²) in [5.41, 5.74) is 2.66. The van der Waals surface area contributed by atoms with E-state index in [-0.39, 0.29) is 40.9 Å². The van der Waals surface area contributed by atoms with Crippen LogP contribution < -0.4 is 10.2 Å². The molecule has 1 saturated heterocycles. The largest absolute Gasteiger partial charge is 0.452 e. The fraction of sp³-hybridized carbons (Fsp3) is 0.258. The molecule has 1 aliphatic heterocycles. The van der Waals surface area contributed by atoms with E-state index in [0.29, 0.717) is 29.8 Å². The third-order valence-corrected chi connectivity index (χ3v) is 7.44. The molecule has 39 heavy (non-hydrogen) atoms. The van der Waals surface area contributed by atoms with Crippen LogP contribution in [0.5, 0.6) is 0 Å². The number of imide groups is 1. The Balaban J connectivity index is 1.19. The monoisotopic (exact) mass is 524 g/mol. The molecule has 1 N–H and O–H groups in total. The second-order valence-electron chi connectivity index (χ2n) is 9.95. The lowest BCUT2D eigenvalue weighted by Crippen LogP contribution is -2.30. The van der Waals surface area contributed by atoms with Crippen molar-refractivity contribution in [3.8, 4) is 0 Å². The minimum Gasteiger partial charge on any atom is -0.452 e. The molecule has 0 bridgehead atoms. The maximum Gasteiger partial charge on any atom is 0.338 e. The van der Waals surface area contributed by atoms with Gasteiger partial charge in [0.15, 0.2) is 12.4 Å². The Morgan fingerprint density at radius 2 is 1.56 bits per heavy atom. The number of nitrogens with zero attached hydrogens (tertiary/aromatic N) is 1. The van der Waals surface area contributed by atoms with Crippen molar-refractivity contribution in [3.05, 3.63) is 95.6 Å². The summed E-state index contributed by atoms with van der Waals surface area (Å²) in [5.74, 6) is -2.22. The summed E-state index contributed by atoms with van der Waals surface area (Å²) < 4.78 is 5.11. The topological polar surface area (TPSA) is 110 Å². The van der Waals surface area contributed by atoms with Gasteiger partial charge in [-0.05, 0) is 74.1 Å². The average molecular weight is 525 g/mol. The van der Waals surface area contributed by atoms with Gasteiger partial charge in [0, 0.05) is 11.3 Å². The molecule has 3 atom stereocenters. The normalized spacial score (nSPS) is 20.3. The van der Waals surface area contributed by atoms with Gasteiger partial charge in [-0.2, -0.15) is 0 Å². The van der Waals surface area contributed by atoms with Crippen molar-refractivity contribution in [1.29, 1.82) is 0 Å². The summed E-state index contributed by atoms with van der Waals surface area (Å²) >= 11 is 0. The molecular formula is C31H28N2O6. The van der Waals surface area contributed by atoms with E-state index in [9.17, 15) is 24.0 Å². The van der Waals surface area contributed by atoms with Gasteiger partial charge in [0.25, 0.3) is 5.91 Å². The van der Waals surface area contributed by atoms with Crippen LogP contribution in [0.4, 0.5) is 11.4 Å². The van der Waals surface area contributed by atoms with E-state index in [0.717, 1.165) is 6.42 Å². The quantitative estimate of drug-likeness (QED) is 0.271. The third-order valence-electron chi connectivity index (χ3n) is 7.44. The zero-order valence-corrected chi connectivity index (χ0v) is 21.5. The molecular weight excluding hydrogens is 496 g/mol. The first kappa shape index (κ1) is 26.0. The van der Waals surface area contributed by atoms with E-state index < -0.39 is 18.5 Å². The number of hydrogen-bond donors (Lipinski definition) is 1. The molecule has 2 aliphatic rings. The van der Waals surface area contributed by atoms with Gasteiger partial charge in [-0.15, -0.1) is 0 Å². The van der Waals surface area contributed by atoms with Gasteiger partial charge >= 0.3 is 5.97 Å². The Hall–Kier alpha value is -4.59. The van der Waals surface area contributed by atoms with Crippen LogP contribution in [-0.2, 0) is 19.1 Å². The fourth-order valence-corrected chi connectivity index (χ4v) is 5.44. The van der Waals surface area contributed by atoms with Crippen molar-refractivity contribution in [2.75, 3.05) is 16.8 Å². The lowest BCUT2D eigenvalue weighted by Gasteiger charge is -2.28. The lowest BCUT2D eigenvalue weighted by molar-refractivity contribution is -0.122. The van der Waals surface area contributed by atoms with Gasteiger partial charge in [0.1, 0.15) is 0 Å². The molecule has 5 rings (SSSR count). The second-order valence-corrected chi connectivity index (χ2v) is 9.95. The minimum absolute atomic E-state index is 0.131. The predicted octanol–water partition coefficient (Wildman–Crippen LogP) is 4.76. The first-order chi connectivity index (χ1) is 18.8. The standard InChI is InChI=1S/C31H28N2O6/c1-19(34)22-8-5-9-24(16-22)32-28(35)18-39-31(38)21-10-13-25(14-11-21)33-29(36)26-15-12-23(17-27(26)30(33)37)20-6-3-2-4-7-20/h2-11,13-14,16,23,26-27H,12,15,17-18H2,1H3,(H,32,35)/t23-,26-,27-/m1/s1. The van der Waals surface area contributed by atoms with E-state index in [2.05, 4.69) is 17.4 Å². The summed E-state index contributed by atoms with van der Waals surface area (Å²) in [6.45, 7) is 0.914. The van der Waals surface area contributed by atoms with Crippen molar-refractivity contribution in [2.24, 2.45) is 11.8 Å². The maximum atomic E-state index is 13.3. The zero-order valence-electron chi connectivity index (χ0n) is 21.5. The van der Waals surface area contributed by atoms with Crippen LogP contribution in [0.3, 0.4) is 0 Å². The van der Waals surface area contributed by atoms with Gasteiger partial charge < -0.3 is 10.1 Å². The Kier molecular flexibility index (Phi) is 7.36. The number of esters is 1. The Morgan fingerprint density at radius 1 is 0.846 bits per heavy atom. The molecule has 0 aromatic heterocycles. The maximum absolute atomic E-state index is 13.3. The third kappa shape index (κ3) is 5.50.